The summed E-state index contributed by atoms with van der Waals surface area (Å²) in [6.07, 6.45) is 0. The lowest BCUT2D eigenvalue weighted by Gasteiger charge is -1.95. The molecule has 2 radical (unpaired) electrons. The van der Waals surface area contributed by atoms with Crippen LogP contribution in [-0.2, 0) is 6.61 Å². The second kappa shape index (κ2) is 3.51. The van der Waals surface area contributed by atoms with Gasteiger partial charge in [0.15, 0.2) is 0 Å². The normalized spacial score (nSPS) is 9.80. The Balaban J connectivity index is 2.80. The quantitative estimate of drug-likeness (QED) is 0.556. The Kier molecular flexibility index (Phi) is 2.62. The van der Waals surface area contributed by atoms with Crippen LogP contribution in [0.2, 0.25) is 0 Å². The molecule has 2 nitrogen and oxygen atoms in total. The van der Waals surface area contributed by atoms with E-state index in [0.29, 0.717) is 0 Å². The van der Waals surface area contributed by atoms with Gasteiger partial charge in [-0.2, -0.15) is 0 Å². The number of rotatable bonds is 2. The van der Waals surface area contributed by atoms with Crippen LogP contribution in [0.5, 0.6) is 0 Å². The number of aliphatic hydroxyl groups is 1. The van der Waals surface area contributed by atoms with E-state index in [9.17, 15) is 0 Å². The molecule has 10 heavy (non-hydrogen) atoms. The number of aliphatic hydroxyl groups excluding tert-OH is 1. The molecule has 0 spiro atoms. The number of hydrogen-bond donors (Lipinski definition) is 2. The zero-order valence-electron chi connectivity index (χ0n) is 5.41. The highest BCUT2D eigenvalue weighted by atomic mass is 28.2. The Morgan fingerprint density at radius 1 is 1.20 bits per heavy atom. The van der Waals surface area contributed by atoms with E-state index in [4.69, 9.17) is 9.90 Å². The molecule has 0 bridgehead atoms. The van der Waals surface area contributed by atoms with Gasteiger partial charge in [0.05, 0.1) is 6.61 Å². The molecule has 0 aliphatic heterocycles. The predicted octanol–water partition coefficient (Wildman–Crippen LogP) is -0.584. The van der Waals surface area contributed by atoms with Crippen molar-refractivity contribution in [1.29, 1.82) is 0 Å². The smallest absolute Gasteiger partial charge is 0.265 e. The van der Waals surface area contributed by atoms with Gasteiger partial charge < -0.3 is 9.90 Å². The molecule has 0 atom stereocenters. The first-order valence-corrected chi connectivity index (χ1v) is 3.91. The minimum Gasteiger partial charge on any atom is -0.428 e. The molecule has 0 aliphatic carbocycles. The van der Waals surface area contributed by atoms with E-state index in [-0.39, 0.29) is 16.4 Å². The van der Waals surface area contributed by atoms with Crippen molar-refractivity contribution in [2.75, 3.05) is 0 Å². The second-order valence-electron chi connectivity index (χ2n) is 1.97. The van der Waals surface area contributed by atoms with E-state index >= 15 is 0 Å². The molecular formula is C7H8O2Si. The molecule has 2 N–H and O–H groups in total. The van der Waals surface area contributed by atoms with Crippen molar-refractivity contribution in [1.82, 2.24) is 0 Å². The van der Waals surface area contributed by atoms with Crippen LogP contribution in [0.3, 0.4) is 0 Å². The van der Waals surface area contributed by atoms with E-state index in [1.807, 2.05) is 12.1 Å². The highest BCUT2D eigenvalue weighted by Gasteiger charge is 1.91. The van der Waals surface area contributed by atoms with Crippen molar-refractivity contribution in [3.63, 3.8) is 0 Å². The summed E-state index contributed by atoms with van der Waals surface area (Å²) in [6.45, 7) is 0.0643. The maximum atomic E-state index is 8.67. The van der Waals surface area contributed by atoms with Gasteiger partial charge in [-0.3, -0.25) is 0 Å². The first-order valence-electron chi connectivity index (χ1n) is 2.96. The van der Waals surface area contributed by atoms with Crippen molar-refractivity contribution in [3.05, 3.63) is 29.8 Å². The van der Waals surface area contributed by atoms with Crippen molar-refractivity contribution in [2.24, 2.45) is 0 Å². The molecule has 3 heteroatoms. The topological polar surface area (TPSA) is 40.5 Å². The molecule has 0 aliphatic rings. The van der Waals surface area contributed by atoms with Crippen LogP contribution in [0.4, 0.5) is 0 Å². The average Bonchev–Trinajstić information content (AvgIpc) is 2.05. The summed E-state index contributed by atoms with van der Waals surface area (Å²) in [5.74, 6) is 0. The third-order valence-electron chi connectivity index (χ3n) is 1.27. The van der Waals surface area contributed by atoms with Gasteiger partial charge in [-0.25, -0.2) is 0 Å². The summed E-state index contributed by atoms with van der Waals surface area (Å²) in [5.41, 5.74) is 0.877. The maximum absolute atomic E-state index is 8.67. The van der Waals surface area contributed by atoms with Crippen LogP contribution < -0.4 is 5.19 Å². The summed E-state index contributed by atoms with van der Waals surface area (Å²) in [6, 6.07) is 7.23. The average molecular weight is 152 g/mol. The first kappa shape index (κ1) is 7.46. The van der Waals surface area contributed by atoms with Gasteiger partial charge in [-0.05, 0) is 10.8 Å². The Bertz CT molecular complexity index is 172. The first-order chi connectivity index (χ1) is 4.86. The van der Waals surface area contributed by atoms with Gasteiger partial charge in [0, 0.05) is 0 Å². The minimum absolute atomic E-state index is 0.0643. The second-order valence-corrected chi connectivity index (χ2v) is 2.77. The Labute approximate surface area is 62.1 Å². The third-order valence-corrected chi connectivity index (χ3v) is 1.86. The zero-order valence-corrected chi connectivity index (χ0v) is 6.41. The number of hydrogen-bond acceptors (Lipinski definition) is 2. The zero-order chi connectivity index (χ0) is 7.40. The molecule has 0 fully saturated rings. The summed E-state index contributed by atoms with van der Waals surface area (Å²) in [5, 5.41) is 9.54. The molecule has 0 amide bonds. The Hall–Kier alpha value is -0.643. The van der Waals surface area contributed by atoms with Gasteiger partial charge in [0.2, 0.25) is 0 Å². The summed E-state index contributed by atoms with van der Waals surface area (Å²) in [4.78, 5) is 8.67. The van der Waals surface area contributed by atoms with Crippen molar-refractivity contribution >= 4 is 14.9 Å². The maximum Gasteiger partial charge on any atom is 0.265 e. The third kappa shape index (κ3) is 1.67. The van der Waals surface area contributed by atoms with Crippen LogP contribution in [0, 0.1) is 0 Å². The molecule has 0 saturated carbocycles. The van der Waals surface area contributed by atoms with Gasteiger partial charge in [-0.1, -0.05) is 24.3 Å². The van der Waals surface area contributed by atoms with Gasteiger partial charge in [0.1, 0.15) is 0 Å². The van der Waals surface area contributed by atoms with Crippen LogP contribution in [0.1, 0.15) is 5.56 Å². The summed E-state index contributed by atoms with van der Waals surface area (Å²) < 4.78 is 0. The predicted molar refractivity (Wildman–Crippen MR) is 40.0 cm³/mol. The van der Waals surface area contributed by atoms with Gasteiger partial charge in [-0.15, -0.1) is 0 Å². The van der Waals surface area contributed by atoms with E-state index < -0.39 is 0 Å². The lowest BCUT2D eigenvalue weighted by molar-refractivity contribution is 0.282. The van der Waals surface area contributed by atoms with Crippen LogP contribution in [0.15, 0.2) is 24.3 Å². The largest absolute Gasteiger partial charge is 0.428 e. The van der Waals surface area contributed by atoms with Crippen LogP contribution in [0.25, 0.3) is 0 Å². The van der Waals surface area contributed by atoms with Gasteiger partial charge in [0.25, 0.3) is 9.76 Å². The molecule has 1 aromatic rings. The highest BCUT2D eigenvalue weighted by Crippen LogP contribution is 1.94. The lowest BCUT2D eigenvalue weighted by atomic mass is 10.2. The molecular weight excluding hydrogens is 144 g/mol. The molecule has 0 saturated heterocycles. The fourth-order valence-electron chi connectivity index (χ4n) is 0.685. The summed E-state index contributed by atoms with van der Waals surface area (Å²) >= 11 is 0. The van der Waals surface area contributed by atoms with E-state index in [0.717, 1.165) is 10.8 Å². The van der Waals surface area contributed by atoms with E-state index in [1.165, 1.54) is 0 Å². The molecule has 0 heterocycles. The van der Waals surface area contributed by atoms with E-state index in [1.54, 1.807) is 12.1 Å². The fourth-order valence-corrected chi connectivity index (χ4v) is 1.00. The molecule has 1 aromatic carbocycles. The molecule has 1 rings (SSSR count). The minimum atomic E-state index is -0.154. The Morgan fingerprint density at radius 2 is 1.80 bits per heavy atom. The lowest BCUT2D eigenvalue weighted by Crippen LogP contribution is -2.12. The van der Waals surface area contributed by atoms with Crippen LogP contribution >= 0.6 is 0 Å². The van der Waals surface area contributed by atoms with E-state index in [2.05, 4.69) is 0 Å². The van der Waals surface area contributed by atoms with Crippen molar-refractivity contribution in [3.8, 4) is 0 Å². The molecule has 0 aromatic heterocycles. The number of benzene rings is 1. The summed E-state index contributed by atoms with van der Waals surface area (Å²) in [7, 11) is -0.154. The van der Waals surface area contributed by atoms with Crippen molar-refractivity contribution < 1.29 is 9.90 Å². The Morgan fingerprint density at radius 3 is 2.20 bits per heavy atom. The SMILES string of the molecule is OCc1ccc([Si]O)cc1. The van der Waals surface area contributed by atoms with Crippen LogP contribution in [-0.4, -0.2) is 19.7 Å². The standard InChI is InChI=1S/C7H8O2Si/c8-5-6-1-3-7(10-9)4-2-6/h1-4,8-9H,5H2. The van der Waals surface area contributed by atoms with Crippen molar-refractivity contribution in [2.45, 2.75) is 6.61 Å². The molecule has 0 unspecified atom stereocenters. The molecule has 52 valence electrons. The van der Waals surface area contributed by atoms with Gasteiger partial charge >= 0.3 is 0 Å². The highest BCUT2D eigenvalue weighted by molar-refractivity contribution is 6.45. The fraction of sp³-hybridized carbons (Fsp3) is 0.143. The monoisotopic (exact) mass is 152 g/mol.